The molecule has 4 heteroatoms. The molecule has 1 N–H and O–H groups in total. The van der Waals surface area contributed by atoms with Crippen molar-refractivity contribution in [3.63, 3.8) is 0 Å². The zero-order valence-corrected chi connectivity index (χ0v) is 6.72. The highest BCUT2D eigenvalue weighted by Crippen LogP contribution is 2.29. The number of hydrogen-bond acceptors (Lipinski definition) is 4. The Balaban J connectivity index is 2.46. The first kappa shape index (κ1) is 6.52. The summed E-state index contributed by atoms with van der Waals surface area (Å²) >= 11 is 0. The molecule has 1 aromatic heterocycles. The minimum absolute atomic E-state index is 0.867. The molecule has 1 aromatic rings. The van der Waals surface area contributed by atoms with Gasteiger partial charge in [0.2, 0.25) is 0 Å². The van der Waals surface area contributed by atoms with E-state index >= 15 is 0 Å². The summed E-state index contributed by atoms with van der Waals surface area (Å²) in [7, 11) is 2.02. The maximum Gasteiger partial charge on any atom is 0.195 e. The summed E-state index contributed by atoms with van der Waals surface area (Å²) in [6, 6.07) is 0. The van der Waals surface area contributed by atoms with Crippen LogP contribution < -0.4 is 10.2 Å². The lowest BCUT2D eigenvalue weighted by molar-refractivity contribution is 0.399. The highest BCUT2D eigenvalue weighted by Gasteiger charge is 2.19. The van der Waals surface area contributed by atoms with Crippen LogP contribution >= 0.6 is 0 Å². The van der Waals surface area contributed by atoms with Crippen molar-refractivity contribution in [2.24, 2.45) is 0 Å². The van der Waals surface area contributed by atoms with E-state index in [1.54, 1.807) is 0 Å². The van der Waals surface area contributed by atoms with E-state index in [0.29, 0.717) is 0 Å². The second kappa shape index (κ2) is 2.15. The Morgan fingerprint density at radius 2 is 2.45 bits per heavy atom. The molecule has 0 fully saturated rings. The first-order valence-corrected chi connectivity index (χ1v) is 3.70. The lowest BCUT2D eigenvalue weighted by atomic mass is 10.3. The maximum atomic E-state index is 5.03. The molecule has 0 amide bonds. The molecule has 11 heavy (non-hydrogen) atoms. The topological polar surface area (TPSA) is 41.3 Å². The van der Waals surface area contributed by atoms with E-state index in [1.165, 1.54) is 0 Å². The van der Waals surface area contributed by atoms with Crippen LogP contribution in [0, 0.1) is 6.92 Å². The van der Waals surface area contributed by atoms with Gasteiger partial charge in [0.1, 0.15) is 5.69 Å². The molecular formula is C7H11N3O. The molecular weight excluding hydrogens is 142 g/mol. The zero-order chi connectivity index (χ0) is 7.84. The van der Waals surface area contributed by atoms with Gasteiger partial charge >= 0.3 is 0 Å². The number of aryl methyl sites for hydroxylation is 1. The molecule has 0 bridgehead atoms. The van der Waals surface area contributed by atoms with Crippen molar-refractivity contribution >= 4 is 11.5 Å². The highest BCUT2D eigenvalue weighted by atomic mass is 16.5. The van der Waals surface area contributed by atoms with E-state index in [0.717, 1.165) is 30.4 Å². The Morgan fingerprint density at radius 3 is 3.18 bits per heavy atom. The van der Waals surface area contributed by atoms with Gasteiger partial charge in [-0.2, -0.15) is 0 Å². The molecule has 2 heterocycles. The van der Waals surface area contributed by atoms with Crippen molar-refractivity contribution in [2.75, 3.05) is 30.4 Å². The zero-order valence-electron chi connectivity index (χ0n) is 6.72. The minimum atomic E-state index is 0.867. The minimum Gasteiger partial charge on any atom is -0.377 e. The van der Waals surface area contributed by atoms with E-state index < -0.39 is 0 Å². The summed E-state index contributed by atoms with van der Waals surface area (Å²) in [6.07, 6.45) is 0. The fourth-order valence-electron chi connectivity index (χ4n) is 1.28. The summed E-state index contributed by atoms with van der Waals surface area (Å²) in [5, 5.41) is 7.17. The normalized spacial score (nSPS) is 16.0. The van der Waals surface area contributed by atoms with Crippen molar-refractivity contribution < 1.29 is 4.52 Å². The van der Waals surface area contributed by atoms with Crippen LogP contribution in [0.3, 0.4) is 0 Å². The lowest BCUT2D eigenvalue weighted by Crippen LogP contribution is -2.30. The van der Waals surface area contributed by atoms with Gasteiger partial charge in [-0.15, -0.1) is 0 Å². The molecule has 0 unspecified atom stereocenters. The van der Waals surface area contributed by atoms with E-state index in [1.807, 2.05) is 14.0 Å². The van der Waals surface area contributed by atoms with Crippen LogP contribution in [-0.4, -0.2) is 25.3 Å². The lowest BCUT2D eigenvalue weighted by Gasteiger charge is -2.23. The van der Waals surface area contributed by atoms with Crippen molar-refractivity contribution in [1.29, 1.82) is 0 Å². The molecule has 0 saturated heterocycles. The second-order valence-electron chi connectivity index (χ2n) is 2.79. The number of fused-ring (bicyclic) bond motifs is 1. The first-order chi connectivity index (χ1) is 5.29. The fourth-order valence-corrected chi connectivity index (χ4v) is 1.28. The Labute approximate surface area is 65.2 Å². The van der Waals surface area contributed by atoms with Crippen LogP contribution in [-0.2, 0) is 0 Å². The number of anilines is 2. The maximum absolute atomic E-state index is 5.03. The molecule has 0 aromatic carbocycles. The van der Waals surface area contributed by atoms with Crippen LogP contribution in [0.2, 0.25) is 0 Å². The van der Waals surface area contributed by atoms with E-state index in [9.17, 15) is 0 Å². The van der Waals surface area contributed by atoms with Crippen molar-refractivity contribution in [3.8, 4) is 0 Å². The van der Waals surface area contributed by atoms with Gasteiger partial charge in [-0.1, -0.05) is 5.16 Å². The monoisotopic (exact) mass is 153 g/mol. The van der Waals surface area contributed by atoms with E-state index in [4.69, 9.17) is 4.52 Å². The number of nitrogens with one attached hydrogen (secondary N) is 1. The standard InChI is InChI=1S/C7H11N3O/c1-5-6-7(9-11-5)10(2)4-3-8-6/h8H,3-4H2,1-2H3. The Kier molecular flexibility index (Phi) is 1.27. The van der Waals surface area contributed by atoms with Crippen LogP contribution in [0.1, 0.15) is 5.76 Å². The number of aromatic nitrogens is 1. The third-order valence-corrected chi connectivity index (χ3v) is 1.96. The van der Waals surface area contributed by atoms with Gasteiger partial charge in [0.05, 0.1) is 0 Å². The summed E-state index contributed by atoms with van der Waals surface area (Å²) in [5.74, 6) is 1.79. The molecule has 1 aliphatic heterocycles. The van der Waals surface area contributed by atoms with Gasteiger partial charge in [0.25, 0.3) is 0 Å². The quantitative estimate of drug-likeness (QED) is 0.599. The average Bonchev–Trinajstić information content (AvgIpc) is 2.35. The Morgan fingerprint density at radius 1 is 1.64 bits per heavy atom. The van der Waals surface area contributed by atoms with Gasteiger partial charge in [0.15, 0.2) is 11.6 Å². The Hall–Kier alpha value is -1.19. The number of hydrogen-bond donors (Lipinski definition) is 1. The molecule has 0 atom stereocenters. The largest absolute Gasteiger partial charge is 0.377 e. The molecule has 4 nitrogen and oxygen atoms in total. The molecule has 0 saturated carbocycles. The van der Waals surface area contributed by atoms with Crippen LogP contribution in [0.25, 0.3) is 0 Å². The highest BCUT2D eigenvalue weighted by molar-refractivity contribution is 5.68. The number of rotatable bonds is 0. The van der Waals surface area contributed by atoms with Crippen LogP contribution in [0.15, 0.2) is 4.52 Å². The predicted molar refractivity (Wildman–Crippen MR) is 43.0 cm³/mol. The van der Waals surface area contributed by atoms with Gasteiger partial charge < -0.3 is 14.7 Å². The van der Waals surface area contributed by atoms with Crippen LogP contribution in [0.5, 0.6) is 0 Å². The molecule has 0 radical (unpaired) electrons. The molecule has 1 aliphatic rings. The number of likely N-dealkylation sites (N-methyl/N-ethyl adjacent to an activating group) is 1. The summed E-state index contributed by atoms with van der Waals surface area (Å²) < 4.78 is 5.03. The molecule has 2 rings (SSSR count). The van der Waals surface area contributed by atoms with E-state index in [2.05, 4.69) is 15.4 Å². The SMILES string of the molecule is Cc1onc2c1NCCN2C. The van der Waals surface area contributed by atoms with Crippen molar-refractivity contribution in [2.45, 2.75) is 6.92 Å². The summed E-state index contributed by atoms with van der Waals surface area (Å²) in [6.45, 7) is 3.86. The molecule has 0 spiro atoms. The predicted octanol–water partition coefficient (Wildman–Crippen LogP) is 0.845. The van der Waals surface area contributed by atoms with Gasteiger partial charge in [-0.25, -0.2) is 0 Å². The molecule has 60 valence electrons. The van der Waals surface area contributed by atoms with E-state index in [-0.39, 0.29) is 0 Å². The molecule has 0 aliphatic carbocycles. The first-order valence-electron chi connectivity index (χ1n) is 3.70. The van der Waals surface area contributed by atoms with Crippen LogP contribution in [0.4, 0.5) is 11.5 Å². The fraction of sp³-hybridized carbons (Fsp3) is 0.571. The van der Waals surface area contributed by atoms with Gasteiger partial charge in [-0.3, -0.25) is 0 Å². The van der Waals surface area contributed by atoms with Crippen molar-refractivity contribution in [3.05, 3.63) is 5.76 Å². The number of nitrogens with zero attached hydrogens (tertiary/aromatic N) is 2. The Bertz CT molecular complexity index is 269. The second-order valence-corrected chi connectivity index (χ2v) is 2.79. The third-order valence-electron chi connectivity index (χ3n) is 1.96. The van der Waals surface area contributed by atoms with Crippen molar-refractivity contribution in [1.82, 2.24) is 5.16 Å². The third kappa shape index (κ3) is 0.859. The summed E-state index contributed by atoms with van der Waals surface area (Å²) in [4.78, 5) is 2.09. The average molecular weight is 153 g/mol. The summed E-state index contributed by atoms with van der Waals surface area (Å²) in [5.41, 5.74) is 1.04. The van der Waals surface area contributed by atoms with Gasteiger partial charge in [0, 0.05) is 20.1 Å². The smallest absolute Gasteiger partial charge is 0.195 e. The van der Waals surface area contributed by atoms with Gasteiger partial charge in [-0.05, 0) is 6.92 Å².